The van der Waals surface area contributed by atoms with Crippen LogP contribution in [-0.2, 0) is 12.6 Å². The molecule has 0 bridgehead atoms. The van der Waals surface area contributed by atoms with Crippen molar-refractivity contribution >= 4 is 38.3 Å². The summed E-state index contributed by atoms with van der Waals surface area (Å²) in [6.45, 7) is 2.04. The Morgan fingerprint density at radius 2 is 2.00 bits per heavy atom. The number of hydrogen-bond donors (Lipinski definition) is 1. The largest absolute Gasteiger partial charge is 0.416 e. The molecule has 3 rings (SSSR count). The van der Waals surface area contributed by atoms with Crippen molar-refractivity contribution in [1.29, 1.82) is 0 Å². The number of nitrogens with zero attached hydrogens (tertiary/aromatic N) is 2. The van der Waals surface area contributed by atoms with Crippen molar-refractivity contribution < 1.29 is 13.2 Å². The number of pyridine rings is 1. The Labute approximate surface area is 122 Å². The van der Waals surface area contributed by atoms with Crippen LogP contribution in [0.5, 0.6) is 0 Å². The Morgan fingerprint density at radius 3 is 2.67 bits per heavy atom. The summed E-state index contributed by atoms with van der Waals surface area (Å²) >= 11 is 1.47. The standard InChI is InChI=1S/C14H12F3N3S/c1-2-3-10-20-11-12(21-10)8-5-4-7(14(15,16)17)6-9(8)19-13(11)18/h4-6H,2-3H2,1H3,(H2,18,19). The molecule has 3 nitrogen and oxygen atoms in total. The van der Waals surface area contributed by atoms with Gasteiger partial charge in [-0.15, -0.1) is 11.3 Å². The number of benzene rings is 1. The van der Waals surface area contributed by atoms with Gasteiger partial charge in [0.15, 0.2) is 5.82 Å². The lowest BCUT2D eigenvalue weighted by Gasteiger charge is -2.08. The predicted octanol–water partition coefficient (Wildman–Crippen LogP) is 4.40. The number of nitrogen functional groups attached to an aromatic ring is 1. The van der Waals surface area contributed by atoms with Crippen molar-refractivity contribution in [1.82, 2.24) is 9.97 Å². The fourth-order valence-corrected chi connectivity index (χ4v) is 3.42. The maximum atomic E-state index is 12.8. The van der Waals surface area contributed by atoms with Gasteiger partial charge in [0.2, 0.25) is 0 Å². The molecule has 0 saturated heterocycles. The first-order valence-electron chi connectivity index (χ1n) is 6.46. The van der Waals surface area contributed by atoms with Gasteiger partial charge >= 0.3 is 6.18 Å². The second-order valence-electron chi connectivity index (χ2n) is 4.76. The van der Waals surface area contributed by atoms with Crippen LogP contribution in [0.25, 0.3) is 21.1 Å². The van der Waals surface area contributed by atoms with Crippen molar-refractivity contribution in [3.8, 4) is 0 Å². The van der Waals surface area contributed by atoms with Crippen LogP contribution in [0.15, 0.2) is 18.2 Å². The summed E-state index contributed by atoms with van der Waals surface area (Å²) in [5.41, 5.74) is 5.95. The maximum Gasteiger partial charge on any atom is 0.416 e. The summed E-state index contributed by atoms with van der Waals surface area (Å²) in [6, 6.07) is 3.55. The van der Waals surface area contributed by atoms with E-state index in [-0.39, 0.29) is 11.3 Å². The minimum Gasteiger partial charge on any atom is -0.382 e. The molecule has 0 atom stereocenters. The lowest BCUT2D eigenvalue weighted by atomic mass is 10.1. The third kappa shape index (κ3) is 2.42. The first kappa shape index (κ1) is 14.1. The Morgan fingerprint density at radius 1 is 1.24 bits per heavy atom. The first-order chi connectivity index (χ1) is 9.90. The lowest BCUT2D eigenvalue weighted by molar-refractivity contribution is -0.137. The molecule has 0 aliphatic carbocycles. The van der Waals surface area contributed by atoms with Crippen LogP contribution in [-0.4, -0.2) is 9.97 Å². The first-order valence-corrected chi connectivity index (χ1v) is 7.27. The van der Waals surface area contributed by atoms with Gasteiger partial charge in [0.1, 0.15) is 5.52 Å². The number of nitrogens with two attached hydrogens (primary N) is 1. The van der Waals surface area contributed by atoms with E-state index in [1.807, 2.05) is 6.92 Å². The zero-order valence-electron chi connectivity index (χ0n) is 11.2. The van der Waals surface area contributed by atoms with Crippen LogP contribution >= 0.6 is 11.3 Å². The molecule has 0 amide bonds. The zero-order chi connectivity index (χ0) is 15.2. The van der Waals surface area contributed by atoms with E-state index >= 15 is 0 Å². The van der Waals surface area contributed by atoms with Gasteiger partial charge in [0.25, 0.3) is 0 Å². The van der Waals surface area contributed by atoms with Crippen LogP contribution in [0.3, 0.4) is 0 Å². The second kappa shape index (κ2) is 4.84. The van der Waals surface area contributed by atoms with Crippen LogP contribution in [0.1, 0.15) is 23.9 Å². The highest BCUT2D eigenvalue weighted by Gasteiger charge is 2.30. The molecule has 3 aromatic rings. The second-order valence-corrected chi connectivity index (χ2v) is 5.85. The molecule has 0 aliphatic heterocycles. The number of rotatable bonds is 2. The minimum atomic E-state index is -4.39. The van der Waals surface area contributed by atoms with Crippen molar-refractivity contribution in [3.63, 3.8) is 0 Å². The molecule has 2 aromatic heterocycles. The summed E-state index contributed by atoms with van der Waals surface area (Å²) in [5, 5.41) is 1.58. The molecular formula is C14H12F3N3S. The molecule has 0 unspecified atom stereocenters. The number of aryl methyl sites for hydroxylation is 1. The van der Waals surface area contributed by atoms with Crippen molar-refractivity contribution in [2.45, 2.75) is 25.9 Å². The van der Waals surface area contributed by atoms with Gasteiger partial charge in [-0.3, -0.25) is 0 Å². The molecule has 0 fully saturated rings. The van der Waals surface area contributed by atoms with Gasteiger partial charge in [0.05, 0.1) is 20.8 Å². The summed E-state index contributed by atoms with van der Waals surface area (Å²) in [7, 11) is 0. The number of hydrogen-bond acceptors (Lipinski definition) is 4. The van der Waals surface area contributed by atoms with E-state index in [9.17, 15) is 13.2 Å². The number of aromatic nitrogens is 2. The lowest BCUT2D eigenvalue weighted by Crippen LogP contribution is -2.04. The molecule has 21 heavy (non-hydrogen) atoms. The van der Waals surface area contributed by atoms with E-state index in [4.69, 9.17) is 5.73 Å². The van der Waals surface area contributed by atoms with Gasteiger partial charge in [-0.1, -0.05) is 13.0 Å². The van der Waals surface area contributed by atoms with Gasteiger partial charge in [0, 0.05) is 5.39 Å². The fourth-order valence-electron chi connectivity index (χ4n) is 2.22. The molecule has 110 valence electrons. The molecule has 0 saturated carbocycles. The summed E-state index contributed by atoms with van der Waals surface area (Å²) in [6.07, 6.45) is -2.62. The van der Waals surface area contributed by atoms with Crippen molar-refractivity contribution in [2.24, 2.45) is 0 Å². The highest BCUT2D eigenvalue weighted by atomic mass is 32.1. The van der Waals surface area contributed by atoms with Gasteiger partial charge in [-0.25, -0.2) is 9.97 Å². The predicted molar refractivity (Wildman–Crippen MR) is 78.3 cm³/mol. The molecule has 0 aliphatic rings. The monoisotopic (exact) mass is 311 g/mol. The number of fused-ring (bicyclic) bond motifs is 3. The van der Waals surface area contributed by atoms with Gasteiger partial charge in [-0.05, 0) is 25.0 Å². The molecule has 2 N–H and O–H groups in total. The molecule has 1 aromatic carbocycles. The Balaban J connectivity index is 2.28. The van der Waals surface area contributed by atoms with E-state index < -0.39 is 11.7 Å². The highest BCUT2D eigenvalue weighted by Crippen LogP contribution is 2.36. The normalized spacial score (nSPS) is 12.4. The number of anilines is 1. The van der Waals surface area contributed by atoms with Crippen LogP contribution in [0, 0.1) is 0 Å². The third-order valence-corrected chi connectivity index (χ3v) is 4.34. The smallest absolute Gasteiger partial charge is 0.382 e. The summed E-state index contributed by atoms with van der Waals surface area (Å²) < 4.78 is 39.1. The Kier molecular flexibility index (Phi) is 3.24. The molecule has 7 heteroatoms. The third-order valence-electron chi connectivity index (χ3n) is 3.19. The molecule has 2 heterocycles. The van der Waals surface area contributed by atoms with E-state index in [0.29, 0.717) is 10.9 Å². The minimum absolute atomic E-state index is 0.176. The highest BCUT2D eigenvalue weighted by molar-refractivity contribution is 7.19. The molecular weight excluding hydrogens is 299 g/mol. The average Bonchev–Trinajstić information content (AvgIpc) is 2.82. The van der Waals surface area contributed by atoms with Crippen LogP contribution in [0.2, 0.25) is 0 Å². The quantitative estimate of drug-likeness (QED) is 0.763. The van der Waals surface area contributed by atoms with Crippen molar-refractivity contribution in [3.05, 3.63) is 28.8 Å². The number of thiazole rings is 1. The number of alkyl halides is 3. The summed E-state index contributed by atoms with van der Waals surface area (Å²) in [4.78, 5) is 8.51. The number of halogens is 3. The summed E-state index contributed by atoms with van der Waals surface area (Å²) in [5.74, 6) is 0.176. The SMILES string of the molecule is CCCc1nc2c(N)nc3cc(C(F)(F)F)ccc3c2s1. The van der Waals surface area contributed by atoms with Crippen LogP contribution < -0.4 is 5.73 Å². The maximum absolute atomic E-state index is 12.8. The van der Waals surface area contributed by atoms with Crippen molar-refractivity contribution in [2.75, 3.05) is 5.73 Å². The van der Waals surface area contributed by atoms with Gasteiger partial charge < -0.3 is 5.73 Å². The van der Waals surface area contributed by atoms with E-state index in [0.717, 1.165) is 34.7 Å². The van der Waals surface area contributed by atoms with E-state index in [2.05, 4.69) is 9.97 Å². The molecule has 0 radical (unpaired) electrons. The van der Waals surface area contributed by atoms with Crippen LogP contribution in [0.4, 0.5) is 19.0 Å². The average molecular weight is 311 g/mol. The Bertz CT molecular complexity index is 824. The fraction of sp³-hybridized carbons (Fsp3) is 0.286. The van der Waals surface area contributed by atoms with Gasteiger partial charge in [-0.2, -0.15) is 13.2 Å². The van der Waals surface area contributed by atoms with E-state index in [1.165, 1.54) is 17.4 Å². The zero-order valence-corrected chi connectivity index (χ0v) is 12.0. The molecule has 0 spiro atoms. The van der Waals surface area contributed by atoms with E-state index in [1.54, 1.807) is 0 Å². The Hall–Kier alpha value is -1.89. The topological polar surface area (TPSA) is 51.8 Å².